The summed E-state index contributed by atoms with van der Waals surface area (Å²) in [7, 11) is -3.05. The zero-order valence-electron chi connectivity index (χ0n) is 11.6. The number of hydrogen-bond donors (Lipinski definition) is 1. The molecule has 0 spiro atoms. The van der Waals surface area contributed by atoms with E-state index < -0.39 is 14.6 Å². The Morgan fingerprint density at radius 2 is 2.05 bits per heavy atom. The molecule has 0 amide bonds. The Morgan fingerprint density at radius 1 is 1.37 bits per heavy atom. The summed E-state index contributed by atoms with van der Waals surface area (Å²) in [6.45, 7) is 4.03. The summed E-state index contributed by atoms with van der Waals surface area (Å²) in [6.07, 6.45) is 1.30. The number of sulfone groups is 1. The molecule has 1 atom stereocenters. The minimum atomic E-state index is -3.05. The van der Waals surface area contributed by atoms with Crippen molar-refractivity contribution in [1.29, 1.82) is 0 Å². The van der Waals surface area contributed by atoms with Gasteiger partial charge in [0, 0.05) is 30.3 Å². The van der Waals surface area contributed by atoms with Crippen molar-refractivity contribution in [2.75, 3.05) is 18.6 Å². The van der Waals surface area contributed by atoms with E-state index >= 15 is 0 Å². The Morgan fingerprint density at radius 3 is 2.74 bits per heavy atom. The molecule has 1 aliphatic heterocycles. The van der Waals surface area contributed by atoms with E-state index in [1.165, 1.54) is 17.4 Å². The van der Waals surface area contributed by atoms with Crippen LogP contribution in [0.25, 0.3) is 0 Å². The van der Waals surface area contributed by atoms with Gasteiger partial charge in [-0.1, -0.05) is 24.3 Å². The molecule has 0 saturated heterocycles. The molecule has 3 nitrogen and oxygen atoms in total. The summed E-state index contributed by atoms with van der Waals surface area (Å²) in [4.78, 5) is 0. The van der Waals surface area contributed by atoms with Crippen LogP contribution in [0.2, 0.25) is 0 Å². The number of thioether (sulfide) groups is 1. The van der Waals surface area contributed by atoms with E-state index in [0.29, 0.717) is 6.54 Å². The van der Waals surface area contributed by atoms with Crippen LogP contribution >= 0.6 is 11.8 Å². The number of hydrogen-bond acceptors (Lipinski definition) is 4. The molecule has 1 aromatic carbocycles. The monoisotopic (exact) mass is 299 g/mol. The molecule has 0 radical (unpaired) electrons. The summed E-state index contributed by atoms with van der Waals surface area (Å²) in [5.41, 5.74) is 2.67. The van der Waals surface area contributed by atoms with Gasteiger partial charge in [-0.25, -0.2) is 8.42 Å². The van der Waals surface area contributed by atoms with Crippen molar-refractivity contribution >= 4 is 21.6 Å². The SMILES string of the molecule is CC(C)(CNC1CSCc2ccccc21)S(C)(=O)=O. The van der Waals surface area contributed by atoms with Crippen molar-refractivity contribution < 1.29 is 8.42 Å². The molecule has 106 valence electrons. The molecule has 1 unspecified atom stereocenters. The fraction of sp³-hybridized carbons (Fsp3) is 0.571. The second-order valence-electron chi connectivity index (χ2n) is 5.68. The van der Waals surface area contributed by atoms with E-state index in [4.69, 9.17) is 0 Å². The minimum absolute atomic E-state index is 0.246. The molecule has 0 saturated carbocycles. The fourth-order valence-corrected chi connectivity index (χ4v) is 3.53. The van der Waals surface area contributed by atoms with E-state index in [1.807, 2.05) is 17.8 Å². The van der Waals surface area contributed by atoms with Crippen LogP contribution in [0.15, 0.2) is 24.3 Å². The van der Waals surface area contributed by atoms with Gasteiger partial charge in [0.1, 0.15) is 0 Å². The highest BCUT2D eigenvalue weighted by atomic mass is 32.2. The van der Waals surface area contributed by atoms with E-state index in [2.05, 4.69) is 23.5 Å². The molecule has 1 aromatic rings. The van der Waals surface area contributed by atoms with Gasteiger partial charge in [-0.2, -0.15) is 11.8 Å². The van der Waals surface area contributed by atoms with Gasteiger partial charge in [0.05, 0.1) is 4.75 Å². The summed E-state index contributed by atoms with van der Waals surface area (Å²) >= 11 is 1.89. The molecule has 5 heteroatoms. The van der Waals surface area contributed by atoms with Crippen LogP contribution in [0.1, 0.15) is 31.0 Å². The highest BCUT2D eigenvalue weighted by Crippen LogP contribution is 2.31. The van der Waals surface area contributed by atoms with Crippen molar-refractivity contribution in [2.24, 2.45) is 0 Å². The third kappa shape index (κ3) is 3.33. The van der Waals surface area contributed by atoms with Gasteiger partial charge < -0.3 is 5.32 Å². The molecule has 2 rings (SSSR count). The van der Waals surface area contributed by atoms with Crippen LogP contribution in [-0.2, 0) is 15.6 Å². The van der Waals surface area contributed by atoms with Crippen LogP contribution in [0.4, 0.5) is 0 Å². The zero-order valence-corrected chi connectivity index (χ0v) is 13.3. The maximum Gasteiger partial charge on any atom is 0.153 e. The van der Waals surface area contributed by atoms with E-state index in [9.17, 15) is 8.42 Å². The first-order valence-corrected chi connectivity index (χ1v) is 9.44. The number of nitrogens with one attached hydrogen (secondary N) is 1. The lowest BCUT2D eigenvalue weighted by Crippen LogP contribution is -2.43. The van der Waals surface area contributed by atoms with Gasteiger partial charge in [-0.3, -0.25) is 0 Å². The Labute approximate surface area is 120 Å². The lowest BCUT2D eigenvalue weighted by Gasteiger charge is -2.30. The maximum atomic E-state index is 11.7. The Hall–Kier alpha value is -0.520. The first-order valence-electron chi connectivity index (χ1n) is 6.40. The molecule has 0 aliphatic carbocycles. The highest BCUT2D eigenvalue weighted by Gasteiger charge is 2.31. The standard InChI is InChI=1S/C14H21NO2S2/c1-14(2,19(3,16)17)10-15-13-9-18-8-11-6-4-5-7-12(11)13/h4-7,13,15H,8-10H2,1-3H3. The number of rotatable bonds is 4. The van der Waals surface area contributed by atoms with Crippen LogP contribution in [0.5, 0.6) is 0 Å². The third-order valence-corrected chi connectivity index (χ3v) is 6.99. The zero-order chi connectivity index (χ0) is 14.1. The maximum absolute atomic E-state index is 11.7. The molecule has 0 fully saturated rings. The average molecular weight is 299 g/mol. The van der Waals surface area contributed by atoms with Crippen molar-refractivity contribution in [3.05, 3.63) is 35.4 Å². The average Bonchev–Trinajstić information content (AvgIpc) is 2.35. The molecule has 1 N–H and O–H groups in total. The predicted molar refractivity (Wildman–Crippen MR) is 82.3 cm³/mol. The van der Waals surface area contributed by atoms with Crippen LogP contribution in [0, 0.1) is 0 Å². The first-order chi connectivity index (χ1) is 8.81. The lowest BCUT2D eigenvalue weighted by atomic mass is 10.0. The predicted octanol–water partition coefficient (Wildman–Crippen LogP) is 2.39. The van der Waals surface area contributed by atoms with Crippen LogP contribution in [-0.4, -0.2) is 31.7 Å². The Bertz CT molecular complexity index is 552. The summed E-state index contributed by atoms with van der Waals surface area (Å²) in [5.74, 6) is 2.04. The van der Waals surface area contributed by atoms with Gasteiger partial charge >= 0.3 is 0 Å². The van der Waals surface area contributed by atoms with Gasteiger partial charge in [0.2, 0.25) is 0 Å². The van der Waals surface area contributed by atoms with Gasteiger partial charge in [-0.05, 0) is 25.0 Å². The molecular formula is C14H21NO2S2. The number of fused-ring (bicyclic) bond motifs is 1. The second kappa shape index (κ2) is 5.46. The summed E-state index contributed by atoms with van der Waals surface area (Å²) < 4.78 is 22.7. The van der Waals surface area contributed by atoms with E-state index in [-0.39, 0.29) is 6.04 Å². The van der Waals surface area contributed by atoms with Gasteiger partial charge in [-0.15, -0.1) is 0 Å². The highest BCUT2D eigenvalue weighted by molar-refractivity contribution is 7.98. The minimum Gasteiger partial charge on any atom is -0.308 e. The van der Waals surface area contributed by atoms with Gasteiger partial charge in [0.15, 0.2) is 9.84 Å². The quantitative estimate of drug-likeness (QED) is 0.927. The molecule has 1 aliphatic rings. The first kappa shape index (κ1) is 14.9. The summed E-state index contributed by atoms with van der Waals surface area (Å²) in [5, 5.41) is 3.42. The van der Waals surface area contributed by atoms with E-state index in [0.717, 1.165) is 11.5 Å². The van der Waals surface area contributed by atoms with Crippen molar-refractivity contribution in [3.8, 4) is 0 Å². The van der Waals surface area contributed by atoms with Crippen molar-refractivity contribution in [3.63, 3.8) is 0 Å². The molecule has 0 aromatic heterocycles. The molecular weight excluding hydrogens is 278 g/mol. The Balaban J connectivity index is 2.10. The third-order valence-electron chi connectivity index (χ3n) is 3.75. The van der Waals surface area contributed by atoms with Crippen LogP contribution in [0.3, 0.4) is 0 Å². The molecule has 1 heterocycles. The smallest absolute Gasteiger partial charge is 0.153 e. The van der Waals surface area contributed by atoms with Crippen molar-refractivity contribution in [1.82, 2.24) is 5.32 Å². The molecule has 0 bridgehead atoms. The normalized spacial score (nSPS) is 20.1. The van der Waals surface area contributed by atoms with E-state index in [1.54, 1.807) is 13.8 Å². The largest absolute Gasteiger partial charge is 0.308 e. The topological polar surface area (TPSA) is 46.2 Å². The lowest BCUT2D eigenvalue weighted by molar-refractivity contribution is 0.489. The second-order valence-corrected chi connectivity index (χ2v) is 9.36. The number of benzene rings is 1. The van der Waals surface area contributed by atoms with Crippen LogP contribution < -0.4 is 5.32 Å². The van der Waals surface area contributed by atoms with Gasteiger partial charge in [0.25, 0.3) is 0 Å². The fourth-order valence-electron chi connectivity index (χ4n) is 2.05. The molecule has 19 heavy (non-hydrogen) atoms. The Kier molecular flexibility index (Phi) is 4.28. The summed E-state index contributed by atoms with van der Waals surface area (Å²) in [6, 6.07) is 8.64. The van der Waals surface area contributed by atoms with Crippen molar-refractivity contribution in [2.45, 2.75) is 30.4 Å².